The summed E-state index contributed by atoms with van der Waals surface area (Å²) in [4.78, 5) is 22.7. The third-order valence-corrected chi connectivity index (χ3v) is 2.66. The molecule has 0 aliphatic rings. The normalized spacial score (nSPS) is 9.91. The van der Waals surface area contributed by atoms with Crippen molar-refractivity contribution in [3.05, 3.63) is 24.3 Å². The van der Waals surface area contributed by atoms with E-state index in [1.807, 2.05) is 13.8 Å². The average molecular weight is 310 g/mol. The molecule has 1 aromatic rings. The van der Waals surface area contributed by atoms with Crippen LogP contribution in [0.15, 0.2) is 24.3 Å². The van der Waals surface area contributed by atoms with Gasteiger partial charge in [-0.2, -0.15) is 0 Å². The van der Waals surface area contributed by atoms with Crippen LogP contribution in [0.25, 0.3) is 0 Å². The molecule has 0 saturated carbocycles. The Labute approximate surface area is 130 Å². The van der Waals surface area contributed by atoms with E-state index in [2.05, 4.69) is 0 Å². The molecule has 22 heavy (non-hydrogen) atoms. The highest BCUT2D eigenvalue weighted by molar-refractivity contribution is 5.65. The lowest BCUT2D eigenvalue weighted by atomic mass is 10.3. The maximum Gasteiger partial charge on any atom is 0.513 e. The number of benzene rings is 1. The quantitative estimate of drug-likeness (QED) is 0.404. The van der Waals surface area contributed by atoms with Gasteiger partial charge in [-0.25, -0.2) is 9.59 Å². The summed E-state index contributed by atoms with van der Waals surface area (Å²) >= 11 is 0. The molecule has 0 aliphatic heterocycles. The fraction of sp³-hybridized carbons (Fsp3) is 0.500. The summed E-state index contributed by atoms with van der Waals surface area (Å²) in [5.41, 5.74) is 0. The van der Waals surface area contributed by atoms with Crippen LogP contribution in [-0.4, -0.2) is 25.5 Å². The van der Waals surface area contributed by atoms with Gasteiger partial charge in [-0.15, -0.1) is 0 Å². The zero-order valence-corrected chi connectivity index (χ0v) is 13.0. The number of hydrogen-bond acceptors (Lipinski definition) is 6. The fourth-order valence-corrected chi connectivity index (χ4v) is 1.43. The summed E-state index contributed by atoms with van der Waals surface area (Å²) in [7, 11) is 0. The number of unbranched alkanes of at least 4 members (excludes halogenated alkanes) is 2. The Morgan fingerprint density at radius 1 is 0.773 bits per heavy atom. The molecule has 1 rings (SSSR count). The maximum atomic E-state index is 11.3. The Balaban J connectivity index is 2.36. The van der Waals surface area contributed by atoms with Gasteiger partial charge in [0.2, 0.25) is 0 Å². The first kappa shape index (κ1) is 17.8. The van der Waals surface area contributed by atoms with Gasteiger partial charge < -0.3 is 18.9 Å². The Morgan fingerprint density at radius 2 is 1.14 bits per heavy atom. The van der Waals surface area contributed by atoms with Crippen LogP contribution in [0.1, 0.15) is 39.5 Å². The Kier molecular flexibility index (Phi) is 8.49. The first-order valence-corrected chi connectivity index (χ1v) is 7.45. The third-order valence-electron chi connectivity index (χ3n) is 2.66. The predicted octanol–water partition coefficient (Wildman–Crippen LogP) is 4.32. The summed E-state index contributed by atoms with van der Waals surface area (Å²) in [5, 5.41) is 0. The van der Waals surface area contributed by atoms with Gasteiger partial charge in [0.1, 0.15) is 11.5 Å². The standard InChI is InChI=1S/C16H22O6/c1-3-5-11-19-15(17)21-13-7-9-14(10-8-13)22-16(18)20-12-6-4-2/h7-10H,3-6,11-12H2,1-2H3. The third kappa shape index (κ3) is 7.52. The second-order valence-corrected chi connectivity index (χ2v) is 4.58. The van der Waals surface area contributed by atoms with Crippen LogP contribution >= 0.6 is 0 Å². The van der Waals surface area contributed by atoms with Crippen molar-refractivity contribution < 1.29 is 28.5 Å². The second-order valence-electron chi connectivity index (χ2n) is 4.58. The number of rotatable bonds is 8. The minimum absolute atomic E-state index is 0.313. The Morgan fingerprint density at radius 3 is 1.45 bits per heavy atom. The molecule has 0 aliphatic carbocycles. The molecule has 6 heteroatoms. The largest absolute Gasteiger partial charge is 0.513 e. The van der Waals surface area contributed by atoms with E-state index in [0.717, 1.165) is 25.7 Å². The smallest absolute Gasteiger partial charge is 0.434 e. The van der Waals surface area contributed by atoms with Crippen LogP contribution in [0.5, 0.6) is 11.5 Å². The highest BCUT2D eigenvalue weighted by atomic mass is 16.7. The molecule has 0 heterocycles. The summed E-state index contributed by atoms with van der Waals surface area (Å²) in [6.45, 7) is 4.67. The van der Waals surface area contributed by atoms with Crippen LogP contribution in [0.4, 0.5) is 9.59 Å². The van der Waals surface area contributed by atoms with Crippen molar-refractivity contribution in [3.63, 3.8) is 0 Å². The van der Waals surface area contributed by atoms with Gasteiger partial charge in [-0.05, 0) is 37.1 Å². The first-order valence-electron chi connectivity index (χ1n) is 7.45. The lowest BCUT2D eigenvalue weighted by molar-refractivity contribution is 0.0955. The number of hydrogen-bond donors (Lipinski definition) is 0. The van der Waals surface area contributed by atoms with Crippen LogP contribution in [-0.2, 0) is 9.47 Å². The molecule has 0 radical (unpaired) electrons. The van der Waals surface area contributed by atoms with Crippen molar-refractivity contribution in [2.45, 2.75) is 39.5 Å². The average Bonchev–Trinajstić information content (AvgIpc) is 2.50. The van der Waals surface area contributed by atoms with Crippen molar-refractivity contribution in [2.75, 3.05) is 13.2 Å². The van der Waals surface area contributed by atoms with Crippen molar-refractivity contribution >= 4 is 12.3 Å². The molecule has 0 aromatic heterocycles. The van der Waals surface area contributed by atoms with Crippen molar-refractivity contribution in [1.82, 2.24) is 0 Å². The van der Waals surface area contributed by atoms with Gasteiger partial charge in [0.05, 0.1) is 13.2 Å². The van der Waals surface area contributed by atoms with E-state index in [-0.39, 0.29) is 0 Å². The number of carbonyl (C=O) groups excluding carboxylic acids is 2. The first-order chi connectivity index (χ1) is 10.7. The van der Waals surface area contributed by atoms with Gasteiger partial charge >= 0.3 is 12.3 Å². The highest BCUT2D eigenvalue weighted by Gasteiger charge is 2.08. The van der Waals surface area contributed by atoms with E-state index >= 15 is 0 Å². The summed E-state index contributed by atoms with van der Waals surface area (Å²) in [6, 6.07) is 6.04. The van der Waals surface area contributed by atoms with Gasteiger partial charge in [0.25, 0.3) is 0 Å². The number of ether oxygens (including phenoxy) is 4. The molecule has 1 aromatic carbocycles. The van der Waals surface area contributed by atoms with Crippen LogP contribution in [0.3, 0.4) is 0 Å². The molecule has 0 amide bonds. The highest BCUT2D eigenvalue weighted by Crippen LogP contribution is 2.18. The molecule has 0 unspecified atom stereocenters. The Hall–Kier alpha value is -2.24. The SMILES string of the molecule is CCCCOC(=O)Oc1ccc(OC(=O)OCCCC)cc1. The van der Waals surface area contributed by atoms with Crippen LogP contribution in [0, 0.1) is 0 Å². The summed E-state index contributed by atoms with van der Waals surface area (Å²) in [6.07, 6.45) is 1.97. The number of carbonyl (C=O) groups is 2. The zero-order chi connectivity index (χ0) is 16.2. The van der Waals surface area contributed by atoms with E-state index < -0.39 is 12.3 Å². The molecule has 6 nitrogen and oxygen atoms in total. The molecule has 0 spiro atoms. The topological polar surface area (TPSA) is 71.1 Å². The molecule has 122 valence electrons. The van der Waals surface area contributed by atoms with E-state index in [4.69, 9.17) is 18.9 Å². The summed E-state index contributed by atoms with van der Waals surface area (Å²) < 4.78 is 19.7. The van der Waals surface area contributed by atoms with Crippen molar-refractivity contribution in [1.29, 1.82) is 0 Å². The van der Waals surface area contributed by atoms with Gasteiger partial charge in [0, 0.05) is 0 Å². The van der Waals surface area contributed by atoms with Crippen molar-refractivity contribution in [2.24, 2.45) is 0 Å². The molecule has 0 fully saturated rings. The van der Waals surface area contributed by atoms with Gasteiger partial charge in [-0.1, -0.05) is 26.7 Å². The van der Waals surface area contributed by atoms with Gasteiger partial charge in [-0.3, -0.25) is 0 Å². The monoisotopic (exact) mass is 310 g/mol. The second kappa shape index (κ2) is 10.5. The lowest BCUT2D eigenvalue weighted by Gasteiger charge is -2.07. The molecular weight excluding hydrogens is 288 g/mol. The van der Waals surface area contributed by atoms with Crippen LogP contribution < -0.4 is 9.47 Å². The lowest BCUT2D eigenvalue weighted by Crippen LogP contribution is -2.12. The minimum Gasteiger partial charge on any atom is -0.434 e. The van der Waals surface area contributed by atoms with E-state index in [1.165, 1.54) is 24.3 Å². The fourth-order valence-electron chi connectivity index (χ4n) is 1.43. The molecule has 0 atom stereocenters. The summed E-state index contributed by atoms with van der Waals surface area (Å²) in [5.74, 6) is 0.626. The molecule has 0 saturated heterocycles. The molecule has 0 bridgehead atoms. The minimum atomic E-state index is -0.749. The predicted molar refractivity (Wildman–Crippen MR) is 80.2 cm³/mol. The Bertz CT molecular complexity index is 411. The van der Waals surface area contributed by atoms with E-state index in [0.29, 0.717) is 24.7 Å². The van der Waals surface area contributed by atoms with Crippen molar-refractivity contribution in [3.8, 4) is 11.5 Å². The van der Waals surface area contributed by atoms with Gasteiger partial charge in [0.15, 0.2) is 0 Å². The maximum absolute atomic E-state index is 11.3. The van der Waals surface area contributed by atoms with Crippen LogP contribution in [0.2, 0.25) is 0 Å². The molecular formula is C16H22O6. The van der Waals surface area contributed by atoms with E-state index in [1.54, 1.807) is 0 Å². The zero-order valence-electron chi connectivity index (χ0n) is 13.0. The van der Waals surface area contributed by atoms with E-state index in [9.17, 15) is 9.59 Å². The molecule has 0 N–H and O–H groups in total.